The number of hydrogen-bond donors (Lipinski definition) is 1. The maximum absolute atomic E-state index is 11.5. The van der Waals surface area contributed by atoms with Crippen molar-refractivity contribution < 1.29 is 9.53 Å². The highest BCUT2D eigenvalue weighted by molar-refractivity contribution is 7.11. The molecule has 6 heteroatoms. The van der Waals surface area contributed by atoms with Crippen LogP contribution in [0.1, 0.15) is 36.3 Å². The molecule has 1 rings (SSSR count). The minimum absolute atomic E-state index is 0.0781. The number of nitrogens with zero attached hydrogens (tertiary/aromatic N) is 2. The molecule has 0 radical (unpaired) electrons. The number of rotatable bonds is 7. The molecule has 19 heavy (non-hydrogen) atoms. The zero-order valence-corrected chi connectivity index (χ0v) is 12.9. The number of carbonyl (C=O) groups excluding carboxylic acids is 1. The van der Waals surface area contributed by atoms with Gasteiger partial charge in [-0.3, -0.25) is 4.90 Å². The molecule has 1 aromatic heterocycles. The smallest absolute Gasteiger partial charge is 0.367 e. The van der Waals surface area contributed by atoms with Gasteiger partial charge in [0.15, 0.2) is 0 Å². The predicted molar refractivity (Wildman–Crippen MR) is 77.2 cm³/mol. The number of nitrogens with two attached hydrogens (primary N) is 1. The van der Waals surface area contributed by atoms with E-state index in [-0.39, 0.29) is 11.4 Å². The quantitative estimate of drug-likeness (QED) is 0.773. The van der Waals surface area contributed by atoms with Crippen LogP contribution in [0.4, 0.5) is 0 Å². The maximum atomic E-state index is 11.5. The monoisotopic (exact) mass is 285 g/mol. The van der Waals surface area contributed by atoms with Crippen molar-refractivity contribution in [2.24, 2.45) is 11.1 Å². The highest BCUT2D eigenvalue weighted by Gasteiger charge is 2.19. The highest BCUT2D eigenvalue weighted by atomic mass is 32.1. The summed E-state index contributed by atoms with van der Waals surface area (Å²) in [6, 6.07) is 0. The minimum atomic E-state index is -0.344. The normalized spacial score (nSPS) is 11.9. The average molecular weight is 285 g/mol. The molecule has 0 aromatic carbocycles. The lowest BCUT2D eigenvalue weighted by molar-refractivity contribution is 0.0525. The summed E-state index contributed by atoms with van der Waals surface area (Å²) in [4.78, 5) is 18.0. The van der Waals surface area contributed by atoms with Crippen LogP contribution < -0.4 is 5.73 Å². The second-order valence-corrected chi connectivity index (χ2v) is 6.26. The van der Waals surface area contributed by atoms with Crippen LogP contribution >= 0.6 is 11.3 Å². The molecule has 108 valence electrons. The van der Waals surface area contributed by atoms with Gasteiger partial charge in [-0.25, -0.2) is 9.78 Å². The van der Waals surface area contributed by atoms with Crippen molar-refractivity contribution in [2.75, 3.05) is 26.7 Å². The largest absolute Gasteiger partial charge is 0.461 e. The van der Waals surface area contributed by atoms with Crippen LogP contribution in [-0.2, 0) is 11.3 Å². The molecular formula is C13H23N3O2S. The van der Waals surface area contributed by atoms with Gasteiger partial charge >= 0.3 is 5.97 Å². The lowest BCUT2D eigenvalue weighted by Crippen LogP contribution is -2.36. The molecule has 2 N–H and O–H groups in total. The number of hydrogen-bond acceptors (Lipinski definition) is 6. The van der Waals surface area contributed by atoms with Gasteiger partial charge in [0.05, 0.1) is 12.3 Å². The summed E-state index contributed by atoms with van der Waals surface area (Å²) in [5.74, 6) is -0.344. The topological polar surface area (TPSA) is 68.5 Å². The Kier molecular flexibility index (Phi) is 5.90. The van der Waals surface area contributed by atoms with Crippen molar-refractivity contribution >= 4 is 17.3 Å². The SMILES string of the molecule is CCOC(=O)c1nc(CN(C)CC(C)(C)CN)cs1. The first-order valence-corrected chi connectivity index (χ1v) is 7.26. The molecule has 5 nitrogen and oxygen atoms in total. The van der Waals surface area contributed by atoms with Gasteiger partial charge in [-0.2, -0.15) is 0 Å². The Balaban J connectivity index is 2.56. The predicted octanol–water partition coefficient (Wildman–Crippen LogP) is 1.74. The van der Waals surface area contributed by atoms with E-state index in [1.54, 1.807) is 6.92 Å². The molecule has 0 saturated carbocycles. The molecule has 1 aromatic rings. The lowest BCUT2D eigenvalue weighted by Gasteiger charge is -2.28. The fraction of sp³-hybridized carbons (Fsp3) is 0.692. The fourth-order valence-electron chi connectivity index (χ4n) is 1.79. The van der Waals surface area contributed by atoms with E-state index in [9.17, 15) is 4.79 Å². The fourth-order valence-corrected chi connectivity index (χ4v) is 2.49. The Labute approximate surface area is 118 Å². The second-order valence-electron chi connectivity index (χ2n) is 5.41. The molecule has 0 saturated heterocycles. The summed E-state index contributed by atoms with van der Waals surface area (Å²) in [7, 11) is 2.03. The maximum Gasteiger partial charge on any atom is 0.367 e. The van der Waals surface area contributed by atoms with Crippen molar-refractivity contribution in [3.8, 4) is 0 Å². The van der Waals surface area contributed by atoms with Gasteiger partial charge in [-0.1, -0.05) is 13.8 Å². The molecule has 1 heterocycles. The van der Waals surface area contributed by atoms with Gasteiger partial charge in [0.25, 0.3) is 0 Å². The molecule has 0 unspecified atom stereocenters. The molecule has 0 aliphatic heterocycles. The van der Waals surface area contributed by atoms with Crippen LogP contribution in [0, 0.1) is 5.41 Å². The van der Waals surface area contributed by atoms with E-state index in [1.165, 1.54) is 11.3 Å². The molecular weight excluding hydrogens is 262 g/mol. The Hall–Kier alpha value is -0.980. The number of thiazole rings is 1. The first kappa shape index (κ1) is 16.1. The lowest BCUT2D eigenvalue weighted by atomic mass is 9.93. The molecule has 0 fully saturated rings. The van der Waals surface area contributed by atoms with E-state index in [0.29, 0.717) is 24.7 Å². The van der Waals surface area contributed by atoms with Crippen LogP contribution in [-0.4, -0.2) is 42.6 Å². The molecule has 0 atom stereocenters. The van der Waals surface area contributed by atoms with Crippen LogP contribution in [0.5, 0.6) is 0 Å². The van der Waals surface area contributed by atoms with Crippen LogP contribution in [0.3, 0.4) is 0 Å². The van der Waals surface area contributed by atoms with E-state index >= 15 is 0 Å². The zero-order chi connectivity index (χ0) is 14.5. The first-order chi connectivity index (χ1) is 8.88. The van der Waals surface area contributed by atoms with Crippen molar-refractivity contribution in [1.29, 1.82) is 0 Å². The highest BCUT2D eigenvalue weighted by Crippen LogP contribution is 2.17. The van der Waals surface area contributed by atoms with E-state index in [1.807, 2.05) is 12.4 Å². The van der Waals surface area contributed by atoms with Gasteiger partial charge in [-0.15, -0.1) is 11.3 Å². The number of carbonyl (C=O) groups is 1. The third-order valence-corrected chi connectivity index (χ3v) is 3.56. The summed E-state index contributed by atoms with van der Waals surface area (Å²) in [6.45, 7) is 8.66. The first-order valence-electron chi connectivity index (χ1n) is 6.38. The van der Waals surface area contributed by atoms with E-state index in [0.717, 1.165) is 12.2 Å². The summed E-state index contributed by atoms with van der Waals surface area (Å²) >= 11 is 1.33. The summed E-state index contributed by atoms with van der Waals surface area (Å²) in [5.41, 5.74) is 6.69. The number of ether oxygens (including phenoxy) is 1. The zero-order valence-electron chi connectivity index (χ0n) is 12.1. The van der Waals surface area contributed by atoms with Crippen molar-refractivity contribution in [1.82, 2.24) is 9.88 Å². The molecule has 0 aliphatic carbocycles. The summed E-state index contributed by atoms with van der Waals surface area (Å²) in [6.07, 6.45) is 0. The third kappa shape index (κ3) is 5.26. The van der Waals surface area contributed by atoms with Gasteiger partial charge in [-0.05, 0) is 25.9 Å². The average Bonchev–Trinajstić information content (AvgIpc) is 2.77. The summed E-state index contributed by atoms with van der Waals surface area (Å²) < 4.78 is 4.92. The number of esters is 1. The van der Waals surface area contributed by atoms with Crippen molar-refractivity contribution in [2.45, 2.75) is 27.3 Å². The molecule has 0 spiro atoms. The van der Waals surface area contributed by atoms with Crippen LogP contribution in [0.2, 0.25) is 0 Å². The third-order valence-electron chi connectivity index (χ3n) is 2.68. The van der Waals surface area contributed by atoms with Gasteiger partial charge in [0.2, 0.25) is 5.01 Å². The van der Waals surface area contributed by atoms with Gasteiger partial charge in [0, 0.05) is 18.5 Å². The van der Waals surface area contributed by atoms with Gasteiger partial charge in [0.1, 0.15) is 0 Å². The Morgan fingerprint density at radius 1 is 1.58 bits per heavy atom. The Bertz CT molecular complexity index is 418. The Morgan fingerprint density at radius 2 is 2.26 bits per heavy atom. The minimum Gasteiger partial charge on any atom is -0.461 e. The van der Waals surface area contributed by atoms with E-state index in [2.05, 4.69) is 23.7 Å². The molecule has 0 amide bonds. The van der Waals surface area contributed by atoms with Crippen molar-refractivity contribution in [3.05, 3.63) is 16.1 Å². The number of aromatic nitrogens is 1. The van der Waals surface area contributed by atoms with Crippen molar-refractivity contribution in [3.63, 3.8) is 0 Å². The Morgan fingerprint density at radius 3 is 2.84 bits per heavy atom. The van der Waals surface area contributed by atoms with Gasteiger partial charge < -0.3 is 10.5 Å². The molecule has 0 aliphatic rings. The van der Waals surface area contributed by atoms with E-state index < -0.39 is 0 Å². The molecule has 0 bridgehead atoms. The second kappa shape index (κ2) is 6.98. The van der Waals surface area contributed by atoms with Crippen LogP contribution in [0.25, 0.3) is 0 Å². The summed E-state index contributed by atoms with van der Waals surface area (Å²) in [5, 5.41) is 2.32. The van der Waals surface area contributed by atoms with E-state index in [4.69, 9.17) is 10.5 Å². The van der Waals surface area contributed by atoms with Crippen LogP contribution in [0.15, 0.2) is 5.38 Å². The standard InChI is InChI=1S/C13H23N3O2S/c1-5-18-12(17)11-15-10(7-19-11)6-16(4)9-13(2,3)8-14/h7H,5-6,8-9,14H2,1-4H3.